The molecular weight excluding hydrogens is 470 g/mol. The first-order chi connectivity index (χ1) is 17.2. The Labute approximate surface area is 215 Å². The van der Waals surface area contributed by atoms with E-state index in [0.29, 0.717) is 16.9 Å². The Morgan fingerprint density at radius 1 is 1.08 bits per heavy atom. The summed E-state index contributed by atoms with van der Waals surface area (Å²) >= 11 is 0. The molecule has 0 aliphatic carbocycles. The summed E-state index contributed by atoms with van der Waals surface area (Å²) < 4.78 is 34.6. The van der Waals surface area contributed by atoms with Gasteiger partial charge in [-0.2, -0.15) is 5.26 Å². The number of hydrogen-bond acceptors (Lipinski definition) is 5. The quantitative estimate of drug-likeness (QED) is 0.205. The van der Waals surface area contributed by atoms with Crippen molar-refractivity contribution in [2.75, 3.05) is 4.72 Å². The van der Waals surface area contributed by atoms with Gasteiger partial charge in [-0.15, -0.1) is 6.58 Å². The molecule has 0 aliphatic rings. The van der Waals surface area contributed by atoms with Gasteiger partial charge >= 0.3 is 0 Å². The fourth-order valence-corrected chi connectivity index (χ4v) is 5.83. The number of sulfonamides is 1. The molecule has 1 unspecified atom stereocenters. The topological polar surface area (TPSA) is 96.0 Å². The average molecular weight is 506 g/mol. The van der Waals surface area contributed by atoms with Crippen LogP contribution in [0, 0.1) is 32.1 Å². The van der Waals surface area contributed by atoms with Crippen molar-refractivity contribution >= 4 is 15.8 Å². The Bertz CT molecular complexity index is 1370. The summed E-state index contributed by atoms with van der Waals surface area (Å²) in [5, 5.41) is 13.5. The molecule has 0 fully saturated rings. The smallest absolute Gasteiger partial charge is 0.263 e. The Kier molecular flexibility index (Phi) is 9.11. The van der Waals surface area contributed by atoms with Crippen molar-refractivity contribution in [1.82, 2.24) is 5.16 Å². The van der Waals surface area contributed by atoms with Crippen molar-refractivity contribution in [3.8, 4) is 17.2 Å². The van der Waals surface area contributed by atoms with Crippen LogP contribution in [-0.4, -0.2) is 13.6 Å². The number of nitrogens with zero attached hydrogens (tertiary/aromatic N) is 2. The first kappa shape index (κ1) is 27.2. The van der Waals surface area contributed by atoms with E-state index in [0.717, 1.165) is 35.1 Å². The van der Waals surface area contributed by atoms with E-state index in [9.17, 15) is 13.7 Å². The summed E-state index contributed by atoms with van der Waals surface area (Å²) in [6, 6.07) is 13.1. The van der Waals surface area contributed by atoms with Crippen molar-refractivity contribution in [3.05, 3.63) is 77.1 Å². The third kappa shape index (κ3) is 5.88. The lowest BCUT2D eigenvalue weighted by Crippen LogP contribution is -2.15. The molecule has 7 heteroatoms. The Balaban J connectivity index is 2.06. The molecule has 0 aliphatic heterocycles. The Hall–Kier alpha value is -3.37. The van der Waals surface area contributed by atoms with Crippen molar-refractivity contribution in [1.29, 1.82) is 5.26 Å². The monoisotopic (exact) mass is 505 g/mol. The van der Waals surface area contributed by atoms with E-state index >= 15 is 0 Å². The van der Waals surface area contributed by atoms with E-state index < -0.39 is 10.0 Å². The summed E-state index contributed by atoms with van der Waals surface area (Å²) in [7, 11) is -3.97. The predicted molar refractivity (Wildman–Crippen MR) is 144 cm³/mol. The van der Waals surface area contributed by atoms with E-state index in [1.807, 2.05) is 19.1 Å². The molecule has 0 bridgehead atoms. The highest BCUT2D eigenvalue weighted by molar-refractivity contribution is 7.92. The number of nitriles is 1. The standard InChI is InChI=1S/C29H35N3O3S/c1-6-8-9-10-13-23(7-2)24-16-17-26(25(18-19-30)21(24)4)27-14-11-12-15-28(27)36(33,34)32-29-20(3)22(5)35-31-29/h7,11-12,14-17,23H,2,6,8-10,13,18H2,1,3-5H3,(H,31,32). The molecule has 6 nitrogen and oxygen atoms in total. The minimum Gasteiger partial charge on any atom is -0.359 e. The molecule has 0 radical (unpaired) electrons. The van der Waals surface area contributed by atoms with Crippen molar-refractivity contribution < 1.29 is 12.9 Å². The zero-order valence-electron chi connectivity index (χ0n) is 21.6. The second-order valence-electron chi connectivity index (χ2n) is 9.15. The van der Waals surface area contributed by atoms with Crippen molar-refractivity contribution in [2.24, 2.45) is 0 Å². The minimum atomic E-state index is -3.97. The molecule has 36 heavy (non-hydrogen) atoms. The van der Waals surface area contributed by atoms with Gasteiger partial charge in [-0.25, -0.2) is 8.42 Å². The van der Waals surface area contributed by atoms with Gasteiger partial charge in [0.15, 0.2) is 5.82 Å². The van der Waals surface area contributed by atoms with Gasteiger partial charge in [0.1, 0.15) is 5.76 Å². The number of benzene rings is 2. The number of aromatic nitrogens is 1. The summed E-state index contributed by atoms with van der Waals surface area (Å²) in [5.41, 5.74) is 4.91. The predicted octanol–water partition coefficient (Wildman–Crippen LogP) is 7.37. The maximum absolute atomic E-state index is 13.4. The Morgan fingerprint density at radius 2 is 1.83 bits per heavy atom. The first-order valence-electron chi connectivity index (χ1n) is 12.4. The summed E-state index contributed by atoms with van der Waals surface area (Å²) in [6.07, 6.45) is 7.87. The fraction of sp³-hybridized carbons (Fsp3) is 0.379. The third-order valence-corrected chi connectivity index (χ3v) is 8.20. The van der Waals surface area contributed by atoms with Crippen LogP contribution < -0.4 is 4.72 Å². The second-order valence-corrected chi connectivity index (χ2v) is 10.8. The molecule has 1 aromatic heterocycles. The molecule has 3 aromatic rings. The van der Waals surface area contributed by atoms with Crippen molar-refractivity contribution in [3.63, 3.8) is 0 Å². The van der Waals surface area contributed by atoms with Crippen molar-refractivity contribution in [2.45, 2.75) is 77.0 Å². The lowest BCUT2D eigenvalue weighted by Gasteiger charge is -2.21. The normalized spacial score (nSPS) is 12.2. The largest absolute Gasteiger partial charge is 0.359 e. The van der Waals surface area contributed by atoms with Gasteiger partial charge in [0, 0.05) is 17.0 Å². The fourth-order valence-electron chi connectivity index (χ4n) is 4.55. The highest BCUT2D eigenvalue weighted by Crippen LogP contribution is 2.37. The number of hydrogen-bond donors (Lipinski definition) is 1. The van der Waals surface area contributed by atoms with Gasteiger partial charge < -0.3 is 4.52 Å². The number of nitrogens with one attached hydrogen (secondary N) is 1. The van der Waals surface area contributed by atoms with Crippen LogP contribution in [0.1, 0.15) is 73.0 Å². The van der Waals surface area contributed by atoms with Crippen LogP contribution in [0.3, 0.4) is 0 Å². The molecule has 0 amide bonds. The summed E-state index contributed by atoms with van der Waals surface area (Å²) in [5.74, 6) is 0.908. The zero-order chi connectivity index (χ0) is 26.3. The van der Waals surface area contributed by atoms with Crippen LogP contribution in [0.5, 0.6) is 0 Å². The zero-order valence-corrected chi connectivity index (χ0v) is 22.4. The van der Waals surface area contributed by atoms with Gasteiger partial charge in [0.25, 0.3) is 10.0 Å². The van der Waals surface area contributed by atoms with E-state index in [4.69, 9.17) is 4.52 Å². The molecule has 1 atom stereocenters. The number of allylic oxidation sites excluding steroid dienone is 1. The van der Waals surface area contributed by atoms with E-state index in [1.54, 1.807) is 38.1 Å². The lowest BCUT2D eigenvalue weighted by atomic mass is 9.84. The molecule has 190 valence electrons. The molecule has 0 spiro atoms. The summed E-state index contributed by atoms with van der Waals surface area (Å²) in [4.78, 5) is 0.122. The van der Waals surface area contributed by atoms with Gasteiger partial charge in [-0.1, -0.05) is 74.2 Å². The van der Waals surface area contributed by atoms with E-state index in [-0.39, 0.29) is 23.1 Å². The highest BCUT2D eigenvalue weighted by Gasteiger charge is 2.25. The van der Waals surface area contributed by atoms with Gasteiger partial charge in [0.05, 0.1) is 17.4 Å². The van der Waals surface area contributed by atoms with Crippen LogP contribution in [-0.2, 0) is 16.4 Å². The maximum atomic E-state index is 13.4. The molecule has 0 saturated heterocycles. The van der Waals surface area contributed by atoms with E-state index in [2.05, 4.69) is 35.5 Å². The van der Waals surface area contributed by atoms with Gasteiger partial charge in [-0.05, 0) is 55.5 Å². The molecule has 0 saturated carbocycles. The van der Waals surface area contributed by atoms with E-state index in [1.165, 1.54) is 19.3 Å². The van der Waals surface area contributed by atoms with Crippen LogP contribution in [0.2, 0.25) is 0 Å². The molecule has 1 heterocycles. The van der Waals surface area contributed by atoms with Crippen LogP contribution in [0.15, 0.2) is 58.5 Å². The summed E-state index contributed by atoms with van der Waals surface area (Å²) in [6.45, 7) is 11.8. The minimum absolute atomic E-state index is 0.122. The molecule has 2 aromatic carbocycles. The first-order valence-corrected chi connectivity index (χ1v) is 13.9. The van der Waals surface area contributed by atoms with Gasteiger partial charge in [0.2, 0.25) is 0 Å². The van der Waals surface area contributed by atoms with Crippen LogP contribution in [0.25, 0.3) is 11.1 Å². The van der Waals surface area contributed by atoms with Crippen LogP contribution in [0.4, 0.5) is 5.82 Å². The maximum Gasteiger partial charge on any atom is 0.263 e. The number of anilines is 1. The number of aryl methyl sites for hydroxylation is 1. The Morgan fingerprint density at radius 3 is 2.47 bits per heavy atom. The average Bonchev–Trinajstić information content (AvgIpc) is 3.17. The third-order valence-electron chi connectivity index (χ3n) is 6.80. The molecule has 1 N–H and O–H groups in total. The highest BCUT2D eigenvalue weighted by atomic mass is 32.2. The second kappa shape index (κ2) is 12.0. The number of unbranched alkanes of at least 4 members (excludes halogenated alkanes) is 3. The van der Waals surface area contributed by atoms with Gasteiger partial charge in [-0.3, -0.25) is 4.72 Å². The lowest BCUT2D eigenvalue weighted by molar-refractivity contribution is 0.399. The van der Waals surface area contributed by atoms with Crippen LogP contribution >= 0.6 is 0 Å². The molecular formula is C29H35N3O3S. The SMILES string of the molecule is C=CC(CCCCCC)c1ccc(-c2ccccc2S(=O)(=O)Nc2noc(C)c2C)c(CC#N)c1C. The molecule has 3 rings (SSSR count). The number of rotatable bonds is 12.